The van der Waals surface area contributed by atoms with E-state index in [1.54, 1.807) is 24.3 Å². The highest BCUT2D eigenvalue weighted by Gasteiger charge is 2.41. The minimum absolute atomic E-state index is 0.0178. The zero-order chi connectivity index (χ0) is 15.1. The van der Waals surface area contributed by atoms with Gasteiger partial charge in [0.2, 0.25) is 0 Å². The van der Waals surface area contributed by atoms with Crippen molar-refractivity contribution in [3.05, 3.63) is 35.9 Å². The first-order chi connectivity index (χ1) is 9.63. The second-order valence-electron chi connectivity index (χ2n) is 4.66. The summed E-state index contributed by atoms with van der Waals surface area (Å²) in [6.07, 6.45) is -0.837. The standard InChI is InChI=1S/C14H18O4.C2H6/c1-9-10(2)17-12(8-15)13(9)18-14(16)11-6-4-3-5-7-11;1-2/h3-7,9-10,12-13,15H,8H2,1-2H3;1-2H3/t9-,10-,12+,13-;/m0./s1. The molecule has 1 N–H and O–H groups in total. The summed E-state index contributed by atoms with van der Waals surface area (Å²) < 4.78 is 11.0. The Kier molecular flexibility index (Phi) is 6.68. The molecule has 1 aromatic rings. The number of hydrogen-bond acceptors (Lipinski definition) is 4. The molecule has 20 heavy (non-hydrogen) atoms. The van der Waals surface area contributed by atoms with Gasteiger partial charge in [-0.2, -0.15) is 0 Å². The lowest BCUT2D eigenvalue weighted by Crippen LogP contribution is -2.33. The molecule has 0 unspecified atom stereocenters. The van der Waals surface area contributed by atoms with Gasteiger partial charge in [0, 0.05) is 5.92 Å². The van der Waals surface area contributed by atoms with Crippen molar-refractivity contribution in [2.45, 2.75) is 46.0 Å². The van der Waals surface area contributed by atoms with Crippen molar-refractivity contribution in [2.75, 3.05) is 6.61 Å². The summed E-state index contributed by atoms with van der Waals surface area (Å²) in [5.74, 6) is -0.293. The van der Waals surface area contributed by atoms with E-state index in [2.05, 4.69) is 0 Å². The molecule has 0 saturated carbocycles. The van der Waals surface area contributed by atoms with Gasteiger partial charge in [-0.25, -0.2) is 4.79 Å². The Balaban J connectivity index is 0.000000956. The van der Waals surface area contributed by atoms with E-state index in [4.69, 9.17) is 9.47 Å². The summed E-state index contributed by atoms with van der Waals surface area (Å²) in [5, 5.41) is 9.24. The topological polar surface area (TPSA) is 55.8 Å². The van der Waals surface area contributed by atoms with Crippen molar-refractivity contribution >= 4 is 5.97 Å². The average molecular weight is 280 g/mol. The fourth-order valence-electron chi connectivity index (χ4n) is 2.18. The molecule has 1 aliphatic heterocycles. The number of hydrogen-bond donors (Lipinski definition) is 1. The number of rotatable bonds is 3. The third-order valence-corrected chi connectivity index (χ3v) is 3.45. The van der Waals surface area contributed by atoms with E-state index >= 15 is 0 Å². The summed E-state index contributed by atoms with van der Waals surface area (Å²) in [4.78, 5) is 12.0. The monoisotopic (exact) mass is 280 g/mol. The lowest BCUT2D eigenvalue weighted by Gasteiger charge is -2.20. The molecule has 1 aliphatic rings. The maximum absolute atomic E-state index is 12.0. The van der Waals surface area contributed by atoms with Crippen LogP contribution in [0.2, 0.25) is 0 Å². The number of esters is 1. The first kappa shape index (κ1) is 16.7. The maximum atomic E-state index is 12.0. The van der Waals surface area contributed by atoms with Gasteiger partial charge in [-0.1, -0.05) is 39.0 Å². The van der Waals surface area contributed by atoms with Crippen molar-refractivity contribution in [3.63, 3.8) is 0 Å². The number of benzene rings is 1. The smallest absolute Gasteiger partial charge is 0.338 e. The normalized spacial score (nSPS) is 28.4. The van der Waals surface area contributed by atoms with Crippen LogP contribution in [-0.2, 0) is 9.47 Å². The van der Waals surface area contributed by atoms with Gasteiger partial charge in [0.1, 0.15) is 12.2 Å². The van der Waals surface area contributed by atoms with Gasteiger partial charge in [0.15, 0.2) is 0 Å². The van der Waals surface area contributed by atoms with Crippen molar-refractivity contribution < 1.29 is 19.4 Å². The van der Waals surface area contributed by atoms with Crippen molar-refractivity contribution in [3.8, 4) is 0 Å². The summed E-state index contributed by atoms with van der Waals surface area (Å²) >= 11 is 0. The van der Waals surface area contributed by atoms with Crippen LogP contribution in [0.5, 0.6) is 0 Å². The van der Waals surface area contributed by atoms with Gasteiger partial charge >= 0.3 is 5.97 Å². The fourth-order valence-corrected chi connectivity index (χ4v) is 2.18. The molecule has 4 nitrogen and oxygen atoms in total. The molecule has 112 valence electrons. The lowest BCUT2D eigenvalue weighted by molar-refractivity contribution is -0.0317. The summed E-state index contributed by atoms with van der Waals surface area (Å²) in [6, 6.07) is 8.84. The molecule has 1 saturated heterocycles. The molecule has 0 amide bonds. The minimum atomic E-state index is -0.428. The number of aliphatic hydroxyl groups is 1. The maximum Gasteiger partial charge on any atom is 0.338 e. The number of ether oxygens (including phenoxy) is 2. The quantitative estimate of drug-likeness (QED) is 0.865. The van der Waals surface area contributed by atoms with E-state index in [0.29, 0.717) is 5.56 Å². The lowest BCUT2D eigenvalue weighted by atomic mass is 9.99. The Morgan fingerprint density at radius 1 is 1.25 bits per heavy atom. The minimum Gasteiger partial charge on any atom is -0.456 e. The Morgan fingerprint density at radius 2 is 1.85 bits per heavy atom. The summed E-state index contributed by atoms with van der Waals surface area (Å²) in [5.41, 5.74) is 0.515. The molecule has 4 heteroatoms. The van der Waals surface area contributed by atoms with Crippen molar-refractivity contribution in [1.82, 2.24) is 0 Å². The molecular weight excluding hydrogens is 256 g/mol. The molecule has 1 heterocycles. The molecule has 4 atom stereocenters. The van der Waals surface area contributed by atoms with Gasteiger partial charge in [-0.3, -0.25) is 0 Å². The van der Waals surface area contributed by atoms with Crippen LogP contribution in [0.3, 0.4) is 0 Å². The first-order valence-electron chi connectivity index (χ1n) is 7.16. The largest absolute Gasteiger partial charge is 0.456 e. The van der Waals surface area contributed by atoms with Gasteiger partial charge in [0.25, 0.3) is 0 Å². The summed E-state index contributed by atoms with van der Waals surface area (Å²) in [6.45, 7) is 7.74. The molecule has 0 aliphatic carbocycles. The third kappa shape index (κ3) is 3.81. The van der Waals surface area contributed by atoms with Crippen LogP contribution in [0, 0.1) is 5.92 Å². The Hall–Kier alpha value is -1.39. The van der Waals surface area contributed by atoms with Gasteiger partial charge in [0.05, 0.1) is 18.3 Å². The van der Waals surface area contributed by atoms with Gasteiger partial charge in [-0.15, -0.1) is 0 Å². The first-order valence-corrected chi connectivity index (χ1v) is 7.16. The van der Waals surface area contributed by atoms with Crippen LogP contribution in [0.25, 0.3) is 0 Å². The van der Waals surface area contributed by atoms with E-state index in [1.807, 2.05) is 33.8 Å². The number of carbonyl (C=O) groups is 1. The van der Waals surface area contributed by atoms with E-state index in [0.717, 1.165) is 0 Å². The number of aliphatic hydroxyl groups excluding tert-OH is 1. The van der Waals surface area contributed by atoms with Crippen LogP contribution in [0.4, 0.5) is 0 Å². The molecule has 0 bridgehead atoms. The van der Waals surface area contributed by atoms with Crippen molar-refractivity contribution in [1.29, 1.82) is 0 Å². The summed E-state index contributed by atoms with van der Waals surface area (Å²) in [7, 11) is 0. The molecule has 0 radical (unpaired) electrons. The molecule has 1 aromatic carbocycles. The van der Waals surface area contributed by atoms with E-state index < -0.39 is 12.2 Å². The highest BCUT2D eigenvalue weighted by Crippen LogP contribution is 2.29. The zero-order valence-electron chi connectivity index (χ0n) is 12.6. The zero-order valence-corrected chi connectivity index (χ0v) is 12.6. The molecule has 1 fully saturated rings. The van der Waals surface area contributed by atoms with Crippen LogP contribution in [0.15, 0.2) is 30.3 Å². The fraction of sp³-hybridized carbons (Fsp3) is 0.562. The third-order valence-electron chi connectivity index (χ3n) is 3.45. The second kappa shape index (κ2) is 8.02. The van der Waals surface area contributed by atoms with E-state index in [-0.39, 0.29) is 24.6 Å². The Labute approximate surface area is 120 Å². The highest BCUT2D eigenvalue weighted by molar-refractivity contribution is 5.89. The van der Waals surface area contributed by atoms with Crippen LogP contribution >= 0.6 is 0 Å². The second-order valence-corrected chi connectivity index (χ2v) is 4.66. The predicted molar refractivity (Wildman–Crippen MR) is 77.6 cm³/mol. The Morgan fingerprint density at radius 3 is 2.40 bits per heavy atom. The van der Waals surface area contributed by atoms with Crippen LogP contribution < -0.4 is 0 Å². The van der Waals surface area contributed by atoms with E-state index in [1.165, 1.54) is 0 Å². The van der Waals surface area contributed by atoms with E-state index in [9.17, 15) is 9.90 Å². The average Bonchev–Trinajstić information content (AvgIpc) is 2.78. The highest BCUT2D eigenvalue weighted by atomic mass is 16.6. The molecular formula is C16H24O4. The molecule has 0 aromatic heterocycles. The van der Waals surface area contributed by atoms with Crippen LogP contribution in [-0.4, -0.2) is 36.0 Å². The molecule has 2 rings (SSSR count). The number of carbonyl (C=O) groups excluding carboxylic acids is 1. The Bertz CT molecular complexity index is 404. The predicted octanol–water partition coefficient (Wildman–Crippen LogP) is 2.65. The van der Waals surface area contributed by atoms with Gasteiger partial charge in [-0.05, 0) is 19.1 Å². The molecule has 0 spiro atoms. The van der Waals surface area contributed by atoms with Crippen molar-refractivity contribution in [2.24, 2.45) is 5.92 Å². The van der Waals surface area contributed by atoms with Crippen LogP contribution in [0.1, 0.15) is 38.1 Å². The SMILES string of the molecule is CC.C[C@@H]1[C@H](OC(=O)c2ccccc2)[C@@H](CO)O[C@H]1C. The van der Waals surface area contributed by atoms with Gasteiger partial charge < -0.3 is 14.6 Å².